The van der Waals surface area contributed by atoms with Crippen LogP contribution in [0.2, 0.25) is 0 Å². The number of hydrogen-bond acceptors (Lipinski definition) is 4. The van der Waals surface area contributed by atoms with E-state index in [2.05, 4.69) is 23.8 Å². The van der Waals surface area contributed by atoms with Crippen LogP contribution >= 0.6 is 0 Å². The van der Waals surface area contributed by atoms with Gasteiger partial charge in [0.2, 0.25) is 11.8 Å². The first-order chi connectivity index (χ1) is 6.48. The van der Waals surface area contributed by atoms with E-state index in [-0.39, 0.29) is 17.2 Å². The van der Waals surface area contributed by atoms with E-state index in [0.29, 0.717) is 0 Å². The Bertz CT molecular complexity index is 374. The summed E-state index contributed by atoms with van der Waals surface area (Å²) in [6, 6.07) is 0. The lowest BCUT2D eigenvalue weighted by Gasteiger charge is -2.30. The van der Waals surface area contributed by atoms with E-state index >= 15 is 0 Å². The Kier molecular flexibility index (Phi) is 1.87. The molecule has 0 aliphatic heterocycles. The summed E-state index contributed by atoms with van der Waals surface area (Å²) < 4.78 is 0. The lowest BCUT2D eigenvalue weighted by molar-refractivity contribution is 0.304. The van der Waals surface area contributed by atoms with Crippen LogP contribution in [-0.2, 0) is 12.8 Å². The van der Waals surface area contributed by atoms with E-state index in [1.54, 1.807) is 0 Å². The summed E-state index contributed by atoms with van der Waals surface area (Å²) in [5.41, 5.74) is 7.52. The highest BCUT2D eigenvalue weighted by Gasteiger charge is 2.28. The third-order valence-corrected chi connectivity index (χ3v) is 2.79. The Labute approximate surface area is 83.2 Å². The summed E-state index contributed by atoms with van der Waals surface area (Å²) in [7, 11) is 0. The van der Waals surface area contributed by atoms with Crippen molar-refractivity contribution < 1.29 is 5.11 Å². The van der Waals surface area contributed by atoms with Crippen LogP contribution in [0.4, 0.5) is 5.95 Å². The molecule has 1 aromatic heterocycles. The van der Waals surface area contributed by atoms with E-state index < -0.39 is 0 Å². The smallest absolute Gasteiger partial charge is 0.223 e. The quantitative estimate of drug-likeness (QED) is 0.651. The van der Waals surface area contributed by atoms with Crippen molar-refractivity contribution in [2.75, 3.05) is 5.73 Å². The summed E-state index contributed by atoms with van der Waals surface area (Å²) in [6.45, 7) is 4.40. The van der Waals surface area contributed by atoms with Gasteiger partial charge in [-0.1, -0.05) is 13.8 Å². The zero-order chi connectivity index (χ0) is 10.3. The van der Waals surface area contributed by atoms with E-state index in [1.165, 1.54) is 0 Å². The molecule has 3 N–H and O–H groups in total. The Hall–Kier alpha value is -1.32. The Morgan fingerprint density at radius 3 is 2.79 bits per heavy atom. The second-order valence-electron chi connectivity index (χ2n) is 4.67. The van der Waals surface area contributed by atoms with Gasteiger partial charge in [-0.25, -0.2) is 4.98 Å². The van der Waals surface area contributed by atoms with Crippen molar-refractivity contribution in [3.8, 4) is 5.88 Å². The first-order valence-electron chi connectivity index (χ1n) is 4.82. The second kappa shape index (κ2) is 2.83. The first kappa shape index (κ1) is 9.24. The van der Waals surface area contributed by atoms with Crippen LogP contribution in [0.25, 0.3) is 0 Å². The van der Waals surface area contributed by atoms with Gasteiger partial charge in [0, 0.05) is 5.56 Å². The van der Waals surface area contributed by atoms with Gasteiger partial charge in [0.15, 0.2) is 0 Å². The van der Waals surface area contributed by atoms with Crippen LogP contribution in [0.3, 0.4) is 0 Å². The number of aromatic hydroxyl groups is 1. The summed E-state index contributed by atoms with van der Waals surface area (Å²) in [6.07, 6.45) is 2.76. The fraction of sp³-hybridized carbons (Fsp3) is 0.600. The Balaban J connectivity index is 2.47. The fourth-order valence-electron chi connectivity index (χ4n) is 1.94. The molecule has 0 unspecified atom stereocenters. The molecule has 0 bridgehead atoms. The number of rotatable bonds is 0. The van der Waals surface area contributed by atoms with Crippen LogP contribution in [0.1, 0.15) is 31.5 Å². The molecule has 0 saturated carbocycles. The minimum atomic E-state index is 0.0583. The van der Waals surface area contributed by atoms with Gasteiger partial charge in [0.25, 0.3) is 0 Å². The van der Waals surface area contributed by atoms with E-state index in [4.69, 9.17) is 5.73 Å². The molecule has 0 aromatic carbocycles. The van der Waals surface area contributed by atoms with Crippen molar-refractivity contribution in [1.82, 2.24) is 9.97 Å². The van der Waals surface area contributed by atoms with Crippen molar-refractivity contribution in [3.63, 3.8) is 0 Å². The van der Waals surface area contributed by atoms with Crippen LogP contribution in [0.5, 0.6) is 5.88 Å². The molecular weight excluding hydrogens is 178 g/mol. The maximum Gasteiger partial charge on any atom is 0.223 e. The molecule has 14 heavy (non-hydrogen) atoms. The molecule has 0 fully saturated rings. The monoisotopic (exact) mass is 193 g/mol. The molecule has 4 heteroatoms. The molecule has 0 atom stereocenters. The highest BCUT2D eigenvalue weighted by Crippen LogP contribution is 2.36. The maximum atomic E-state index is 9.58. The van der Waals surface area contributed by atoms with Crippen molar-refractivity contribution in [3.05, 3.63) is 11.3 Å². The summed E-state index contributed by atoms with van der Waals surface area (Å²) in [4.78, 5) is 7.93. The molecule has 1 heterocycles. The third kappa shape index (κ3) is 1.52. The molecule has 0 radical (unpaired) electrons. The molecular formula is C10H15N3O. The Morgan fingerprint density at radius 2 is 2.07 bits per heavy atom. The molecule has 0 spiro atoms. The van der Waals surface area contributed by atoms with Crippen molar-refractivity contribution in [1.29, 1.82) is 0 Å². The minimum Gasteiger partial charge on any atom is -0.493 e. The fourth-order valence-corrected chi connectivity index (χ4v) is 1.94. The van der Waals surface area contributed by atoms with Crippen LogP contribution in [0.15, 0.2) is 0 Å². The molecule has 1 aliphatic carbocycles. The third-order valence-electron chi connectivity index (χ3n) is 2.79. The molecule has 1 aliphatic rings. The highest BCUT2D eigenvalue weighted by atomic mass is 16.3. The van der Waals surface area contributed by atoms with E-state index in [0.717, 1.165) is 30.5 Å². The average Bonchev–Trinajstić information content (AvgIpc) is 2.00. The van der Waals surface area contributed by atoms with Gasteiger partial charge in [-0.15, -0.1) is 0 Å². The number of aromatic nitrogens is 2. The van der Waals surface area contributed by atoms with Gasteiger partial charge in [0.05, 0.1) is 5.69 Å². The first-order valence-corrected chi connectivity index (χ1v) is 4.82. The SMILES string of the molecule is CC1(C)CCc2c(O)nc(N)nc2C1. The summed E-state index contributed by atoms with van der Waals surface area (Å²) in [5, 5.41) is 9.58. The molecule has 2 rings (SSSR count). The van der Waals surface area contributed by atoms with Gasteiger partial charge in [0.1, 0.15) is 0 Å². The van der Waals surface area contributed by atoms with E-state index in [1.807, 2.05) is 0 Å². The standard InChI is InChI=1S/C10H15N3O/c1-10(2)4-3-6-7(5-10)12-9(11)13-8(6)14/h3-5H2,1-2H3,(H3,11,12,13,14). The van der Waals surface area contributed by atoms with Crippen molar-refractivity contribution in [2.24, 2.45) is 5.41 Å². The second-order valence-corrected chi connectivity index (χ2v) is 4.67. The normalized spacial score (nSPS) is 19.0. The zero-order valence-corrected chi connectivity index (χ0v) is 8.54. The van der Waals surface area contributed by atoms with Crippen molar-refractivity contribution in [2.45, 2.75) is 33.1 Å². The maximum absolute atomic E-state index is 9.58. The summed E-state index contributed by atoms with van der Waals surface area (Å²) >= 11 is 0. The number of hydrogen-bond donors (Lipinski definition) is 2. The predicted octanol–water partition coefficient (Wildman–Crippen LogP) is 1.28. The lowest BCUT2D eigenvalue weighted by Crippen LogP contribution is -2.24. The highest BCUT2D eigenvalue weighted by molar-refractivity contribution is 5.37. The van der Waals surface area contributed by atoms with Gasteiger partial charge >= 0.3 is 0 Å². The minimum absolute atomic E-state index is 0.0583. The van der Waals surface area contributed by atoms with Crippen LogP contribution in [0, 0.1) is 5.41 Å². The molecule has 4 nitrogen and oxygen atoms in total. The average molecular weight is 193 g/mol. The van der Waals surface area contributed by atoms with Gasteiger partial charge < -0.3 is 10.8 Å². The van der Waals surface area contributed by atoms with E-state index in [9.17, 15) is 5.11 Å². The predicted molar refractivity (Wildman–Crippen MR) is 53.9 cm³/mol. The zero-order valence-electron chi connectivity index (χ0n) is 8.54. The Morgan fingerprint density at radius 1 is 1.36 bits per heavy atom. The van der Waals surface area contributed by atoms with Gasteiger partial charge in [-0.3, -0.25) is 0 Å². The molecule has 0 amide bonds. The van der Waals surface area contributed by atoms with Crippen LogP contribution in [-0.4, -0.2) is 15.1 Å². The number of anilines is 1. The number of fused-ring (bicyclic) bond motifs is 1. The van der Waals surface area contributed by atoms with Gasteiger partial charge in [-0.2, -0.15) is 4.98 Å². The summed E-state index contributed by atoms with van der Waals surface area (Å²) in [5.74, 6) is 0.224. The van der Waals surface area contributed by atoms with Crippen LogP contribution < -0.4 is 5.73 Å². The molecule has 1 aromatic rings. The molecule has 0 saturated heterocycles. The number of nitrogens with two attached hydrogens (primary N) is 1. The van der Waals surface area contributed by atoms with Gasteiger partial charge in [-0.05, 0) is 24.7 Å². The number of nitrogens with zero attached hydrogens (tertiary/aromatic N) is 2. The topological polar surface area (TPSA) is 72.0 Å². The van der Waals surface area contributed by atoms with Crippen molar-refractivity contribution >= 4 is 5.95 Å². The largest absolute Gasteiger partial charge is 0.493 e. The lowest BCUT2D eigenvalue weighted by atomic mass is 9.76. The number of nitrogen functional groups attached to an aromatic ring is 1. The molecule has 76 valence electrons.